The fraction of sp³-hybridized carbons (Fsp3) is 0.227. The number of fused-ring (bicyclic) bond motifs is 1. The lowest BCUT2D eigenvalue weighted by Crippen LogP contribution is -2.35. The number of carbonyl (C=O) groups is 1. The highest BCUT2D eigenvalue weighted by Crippen LogP contribution is 2.51. The van der Waals surface area contributed by atoms with Gasteiger partial charge in [0, 0.05) is 5.56 Å². The summed E-state index contributed by atoms with van der Waals surface area (Å²) in [7, 11) is 5.85. The van der Waals surface area contributed by atoms with Crippen molar-refractivity contribution < 1.29 is 23.7 Å². The van der Waals surface area contributed by atoms with E-state index in [1.807, 2.05) is 31.2 Å². The molecule has 0 aliphatic carbocycles. The number of nitrogens with one attached hydrogen (secondary N) is 2. The third-order valence-corrected chi connectivity index (χ3v) is 4.81. The molecule has 0 fully saturated rings. The Bertz CT molecular complexity index is 1180. The van der Waals surface area contributed by atoms with Crippen LogP contribution in [-0.2, 0) is 0 Å². The molecule has 0 atom stereocenters. The van der Waals surface area contributed by atoms with Crippen molar-refractivity contribution in [1.29, 1.82) is 5.41 Å². The first-order valence-electron chi connectivity index (χ1n) is 9.29. The fourth-order valence-corrected chi connectivity index (χ4v) is 3.49. The zero-order valence-electron chi connectivity index (χ0n) is 18.0. The van der Waals surface area contributed by atoms with Gasteiger partial charge in [0.1, 0.15) is 5.52 Å². The predicted octanol–water partition coefficient (Wildman–Crippen LogP) is 2.87. The Balaban J connectivity index is 2.54. The van der Waals surface area contributed by atoms with Crippen molar-refractivity contribution in [3.05, 3.63) is 41.5 Å². The second kappa shape index (κ2) is 8.78. The van der Waals surface area contributed by atoms with E-state index in [9.17, 15) is 4.79 Å². The number of guanidine groups is 1. The maximum Gasteiger partial charge on any atom is 0.258 e. The molecule has 0 aliphatic heterocycles. The van der Waals surface area contributed by atoms with Gasteiger partial charge in [0.2, 0.25) is 11.5 Å². The Morgan fingerprint density at radius 3 is 2.10 bits per heavy atom. The van der Waals surface area contributed by atoms with Gasteiger partial charge in [-0.25, -0.2) is 4.98 Å². The molecule has 9 heteroatoms. The molecule has 9 nitrogen and oxygen atoms in total. The topological polar surface area (TPSA) is 129 Å². The van der Waals surface area contributed by atoms with Crippen LogP contribution in [0, 0.1) is 12.3 Å². The molecule has 0 unspecified atom stereocenters. The van der Waals surface area contributed by atoms with Crippen molar-refractivity contribution in [3.8, 4) is 34.3 Å². The molecule has 2 aromatic carbocycles. The van der Waals surface area contributed by atoms with Crippen LogP contribution in [-0.4, -0.2) is 45.3 Å². The molecule has 162 valence electrons. The van der Waals surface area contributed by atoms with Crippen molar-refractivity contribution in [3.63, 3.8) is 0 Å². The maximum atomic E-state index is 13.0. The van der Waals surface area contributed by atoms with Crippen LogP contribution < -0.4 is 30.0 Å². The molecular formula is C22H24N4O5. The minimum Gasteiger partial charge on any atom is -0.492 e. The molecule has 3 aromatic rings. The number of benzene rings is 2. The van der Waals surface area contributed by atoms with Crippen LogP contribution >= 0.6 is 0 Å². The second-order valence-corrected chi connectivity index (χ2v) is 6.59. The molecule has 31 heavy (non-hydrogen) atoms. The third-order valence-electron chi connectivity index (χ3n) is 4.81. The fourth-order valence-electron chi connectivity index (χ4n) is 3.49. The van der Waals surface area contributed by atoms with E-state index in [1.165, 1.54) is 28.4 Å². The molecule has 1 heterocycles. The highest BCUT2D eigenvalue weighted by Gasteiger charge is 2.29. The number of methoxy groups -OCH3 is 4. The van der Waals surface area contributed by atoms with Gasteiger partial charge in [-0.15, -0.1) is 0 Å². The minimum absolute atomic E-state index is 0.189. The Kier molecular flexibility index (Phi) is 6.15. The Labute approximate surface area is 179 Å². The average Bonchev–Trinajstić information content (AvgIpc) is 2.76. The molecule has 0 aliphatic rings. The Morgan fingerprint density at radius 2 is 1.55 bits per heavy atom. The quantitative estimate of drug-likeness (QED) is 0.410. The zero-order chi connectivity index (χ0) is 22.7. The van der Waals surface area contributed by atoms with Crippen molar-refractivity contribution in [1.82, 2.24) is 10.3 Å². The summed E-state index contributed by atoms with van der Waals surface area (Å²) in [5.41, 5.74) is 8.28. The van der Waals surface area contributed by atoms with Crippen LogP contribution in [0.5, 0.6) is 23.0 Å². The first-order valence-corrected chi connectivity index (χ1v) is 9.29. The summed E-state index contributed by atoms with van der Waals surface area (Å²) in [6.45, 7) is 1.95. The number of nitrogens with two attached hydrogens (primary N) is 1. The first-order chi connectivity index (χ1) is 14.9. The second-order valence-electron chi connectivity index (χ2n) is 6.59. The molecule has 4 N–H and O–H groups in total. The number of aromatic nitrogens is 1. The summed E-state index contributed by atoms with van der Waals surface area (Å²) in [5.74, 6) is -0.0327. The lowest BCUT2D eigenvalue weighted by Gasteiger charge is -2.20. The molecular weight excluding hydrogens is 400 g/mol. The zero-order valence-corrected chi connectivity index (χ0v) is 18.0. The SMILES string of the molecule is COc1c(OC)c(OC)c2c(C(=O)NC(=N)N)cc(-c3ccccc3C)nc2c1OC. The lowest BCUT2D eigenvalue weighted by atomic mass is 9.99. The summed E-state index contributed by atoms with van der Waals surface area (Å²) >= 11 is 0. The normalized spacial score (nSPS) is 10.5. The molecule has 1 aromatic heterocycles. The smallest absolute Gasteiger partial charge is 0.258 e. The van der Waals surface area contributed by atoms with Gasteiger partial charge >= 0.3 is 0 Å². The Hall–Kier alpha value is -4.01. The molecule has 0 radical (unpaired) electrons. The molecule has 3 rings (SSSR count). The highest BCUT2D eigenvalue weighted by atomic mass is 16.5. The first kappa shape index (κ1) is 21.7. The van der Waals surface area contributed by atoms with Crippen molar-refractivity contribution in [2.75, 3.05) is 28.4 Å². The van der Waals surface area contributed by atoms with E-state index >= 15 is 0 Å². The van der Waals surface area contributed by atoms with Gasteiger partial charge in [-0.3, -0.25) is 15.5 Å². The molecule has 1 amide bonds. The number of rotatable bonds is 6. The summed E-state index contributed by atoms with van der Waals surface area (Å²) in [6.07, 6.45) is 0. The number of ether oxygens (including phenoxy) is 4. The summed E-state index contributed by atoms with van der Waals surface area (Å²) in [6, 6.07) is 9.27. The predicted molar refractivity (Wildman–Crippen MR) is 118 cm³/mol. The van der Waals surface area contributed by atoms with E-state index in [1.54, 1.807) is 6.07 Å². The van der Waals surface area contributed by atoms with Crippen LogP contribution in [0.25, 0.3) is 22.2 Å². The van der Waals surface area contributed by atoms with Crippen LogP contribution in [0.1, 0.15) is 15.9 Å². The number of aryl methyl sites for hydroxylation is 1. The molecule has 0 saturated heterocycles. The van der Waals surface area contributed by atoms with Gasteiger partial charge in [-0.05, 0) is 18.6 Å². The van der Waals surface area contributed by atoms with Crippen LogP contribution in [0.4, 0.5) is 0 Å². The minimum atomic E-state index is -0.595. The van der Waals surface area contributed by atoms with Crippen molar-refractivity contribution in [2.24, 2.45) is 5.73 Å². The average molecular weight is 424 g/mol. The van der Waals surface area contributed by atoms with Gasteiger partial charge in [0.05, 0.1) is 45.1 Å². The molecule has 0 saturated carbocycles. The number of carbonyl (C=O) groups excluding carboxylic acids is 1. The third kappa shape index (κ3) is 3.77. The summed E-state index contributed by atoms with van der Waals surface area (Å²) in [5, 5.41) is 10.1. The van der Waals surface area contributed by atoms with E-state index in [-0.39, 0.29) is 28.6 Å². The van der Waals surface area contributed by atoms with E-state index in [4.69, 9.17) is 35.1 Å². The number of hydrogen-bond donors (Lipinski definition) is 3. The van der Waals surface area contributed by atoms with Crippen LogP contribution in [0.2, 0.25) is 0 Å². The number of amides is 1. The van der Waals surface area contributed by atoms with Crippen molar-refractivity contribution in [2.45, 2.75) is 6.92 Å². The van der Waals surface area contributed by atoms with Crippen molar-refractivity contribution >= 4 is 22.8 Å². The number of hydrogen-bond acceptors (Lipinski definition) is 7. The van der Waals surface area contributed by atoms with E-state index < -0.39 is 11.9 Å². The highest BCUT2D eigenvalue weighted by molar-refractivity contribution is 6.15. The monoisotopic (exact) mass is 424 g/mol. The van der Waals surface area contributed by atoms with E-state index in [0.717, 1.165) is 11.1 Å². The molecule has 0 spiro atoms. The summed E-state index contributed by atoms with van der Waals surface area (Å²) in [4.78, 5) is 17.8. The van der Waals surface area contributed by atoms with E-state index in [2.05, 4.69) is 5.32 Å². The van der Waals surface area contributed by atoms with Crippen LogP contribution in [0.3, 0.4) is 0 Å². The number of nitrogens with zero attached hydrogens (tertiary/aromatic N) is 1. The standard InChI is InChI=1S/C22H24N4O5/c1-11-8-6-7-9-12(11)14-10-13(21(27)26-22(23)24)15-16(25-14)18(29-3)20(31-5)19(30-4)17(15)28-2/h6-10H,1-5H3,(H4,23,24,26,27). The van der Waals surface area contributed by atoms with Crippen LogP contribution in [0.15, 0.2) is 30.3 Å². The summed E-state index contributed by atoms with van der Waals surface area (Å²) < 4.78 is 22.2. The van der Waals surface area contributed by atoms with Gasteiger partial charge in [-0.2, -0.15) is 0 Å². The Morgan fingerprint density at radius 1 is 0.968 bits per heavy atom. The van der Waals surface area contributed by atoms with Gasteiger partial charge in [0.25, 0.3) is 5.91 Å². The largest absolute Gasteiger partial charge is 0.492 e. The van der Waals surface area contributed by atoms with Gasteiger partial charge < -0.3 is 24.7 Å². The lowest BCUT2D eigenvalue weighted by molar-refractivity contribution is 0.0978. The molecule has 0 bridgehead atoms. The van der Waals surface area contributed by atoms with Gasteiger partial charge in [-0.1, -0.05) is 24.3 Å². The van der Waals surface area contributed by atoms with Gasteiger partial charge in [0.15, 0.2) is 17.5 Å². The maximum absolute atomic E-state index is 13.0. The van der Waals surface area contributed by atoms with E-state index in [0.29, 0.717) is 16.6 Å². The number of pyridine rings is 1.